The number of nitrogens with one attached hydrogen (secondary N) is 2. The van der Waals surface area contributed by atoms with E-state index in [9.17, 15) is 5.11 Å². The van der Waals surface area contributed by atoms with Crippen LogP contribution in [-0.2, 0) is 6.54 Å². The molecule has 0 radical (unpaired) electrons. The highest BCUT2D eigenvalue weighted by molar-refractivity contribution is 14.0. The van der Waals surface area contributed by atoms with E-state index in [0.717, 1.165) is 17.7 Å². The number of halogens is 2. The first-order valence-corrected chi connectivity index (χ1v) is 9.85. The second-order valence-electron chi connectivity index (χ2n) is 6.47. The maximum Gasteiger partial charge on any atom is 0.191 e. The van der Waals surface area contributed by atoms with Gasteiger partial charge >= 0.3 is 0 Å². The molecule has 1 aliphatic heterocycles. The van der Waals surface area contributed by atoms with Crippen LogP contribution in [0.4, 0.5) is 0 Å². The highest BCUT2D eigenvalue weighted by atomic mass is 127. The van der Waals surface area contributed by atoms with Gasteiger partial charge in [-0.1, -0.05) is 41.9 Å². The number of hydrogen-bond acceptors (Lipinski definition) is 4. The summed E-state index contributed by atoms with van der Waals surface area (Å²) >= 11 is 6.30. The molecule has 29 heavy (non-hydrogen) atoms. The summed E-state index contributed by atoms with van der Waals surface area (Å²) in [5.41, 5.74) is 2.03. The third kappa shape index (κ3) is 6.65. The van der Waals surface area contributed by atoms with Crippen LogP contribution in [-0.4, -0.2) is 44.0 Å². The first-order valence-electron chi connectivity index (χ1n) is 9.47. The fourth-order valence-corrected chi connectivity index (χ4v) is 3.29. The lowest BCUT2D eigenvalue weighted by Crippen LogP contribution is -2.39. The topological polar surface area (TPSA) is 75.1 Å². The largest absolute Gasteiger partial charge is 0.486 e. The summed E-state index contributed by atoms with van der Waals surface area (Å²) in [5, 5.41) is 16.8. The molecular formula is C21H27ClIN3O3. The van der Waals surface area contributed by atoms with Gasteiger partial charge in [-0.2, -0.15) is 0 Å². The summed E-state index contributed by atoms with van der Waals surface area (Å²) in [7, 11) is 0. The van der Waals surface area contributed by atoms with E-state index >= 15 is 0 Å². The van der Waals surface area contributed by atoms with Crippen LogP contribution in [0.5, 0.6) is 11.5 Å². The molecular weight excluding hydrogens is 505 g/mol. The van der Waals surface area contributed by atoms with E-state index < -0.39 is 0 Å². The molecule has 0 bridgehead atoms. The van der Waals surface area contributed by atoms with Gasteiger partial charge in [0.15, 0.2) is 17.5 Å². The van der Waals surface area contributed by atoms with Gasteiger partial charge in [0.05, 0.1) is 18.2 Å². The molecule has 0 fully saturated rings. The Labute approximate surface area is 193 Å². The van der Waals surface area contributed by atoms with Crippen LogP contribution in [0.3, 0.4) is 0 Å². The van der Waals surface area contributed by atoms with E-state index in [0.29, 0.717) is 48.8 Å². The molecule has 0 saturated heterocycles. The molecule has 1 aliphatic rings. The second-order valence-corrected chi connectivity index (χ2v) is 6.88. The van der Waals surface area contributed by atoms with Crippen LogP contribution >= 0.6 is 35.6 Å². The van der Waals surface area contributed by atoms with Crippen LogP contribution in [0.15, 0.2) is 47.5 Å². The average Bonchev–Trinajstić information content (AvgIpc) is 2.73. The number of rotatable bonds is 7. The summed E-state index contributed by atoms with van der Waals surface area (Å²) in [5.74, 6) is 1.93. The van der Waals surface area contributed by atoms with Crippen LogP contribution < -0.4 is 20.1 Å². The van der Waals surface area contributed by atoms with E-state index in [1.54, 1.807) is 0 Å². The Balaban J connectivity index is 0.00000300. The number of aliphatic hydroxyl groups is 1. The minimum atomic E-state index is -0.00575. The number of benzene rings is 2. The first kappa shape index (κ1) is 23.6. The smallest absolute Gasteiger partial charge is 0.191 e. The number of nitrogens with zero attached hydrogens (tertiary/aromatic N) is 1. The van der Waals surface area contributed by atoms with Crippen molar-refractivity contribution >= 4 is 41.5 Å². The summed E-state index contributed by atoms with van der Waals surface area (Å²) in [6.07, 6.45) is 0. The van der Waals surface area contributed by atoms with Gasteiger partial charge in [-0.05, 0) is 30.2 Å². The number of fused-ring (bicyclic) bond motifs is 1. The molecule has 2 aromatic carbocycles. The minimum Gasteiger partial charge on any atom is -0.486 e. The summed E-state index contributed by atoms with van der Waals surface area (Å²) in [6.45, 7) is 4.86. The lowest BCUT2D eigenvalue weighted by Gasteiger charge is -2.20. The highest BCUT2D eigenvalue weighted by Crippen LogP contribution is 2.38. The molecule has 1 heterocycles. The van der Waals surface area contributed by atoms with Gasteiger partial charge in [0.1, 0.15) is 13.2 Å². The molecule has 158 valence electrons. The van der Waals surface area contributed by atoms with Gasteiger partial charge in [-0.15, -0.1) is 24.0 Å². The molecule has 3 N–H and O–H groups in total. The Kier molecular flexibility index (Phi) is 9.83. The van der Waals surface area contributed by atoms with Crippen molar-refractivity contribution < 1.29 is 14.6 Å². The van der Waals surface area contributed by atoms with Gasteiger partial charge in [0.25, 0.3) is 0 Å². The molecule has 0 spiro atoms. The summed E-state index contributed by atoms with van der Waals surface area (Å²) in [4.78, 5) is 4.63. The van der Waals surface area contributed by atoms with Crippen molar-refractivity contribution in [3.63, 3.8) is 0 Å². The number of guanidine groups is 1. The summed E-state index contributed by atoms with van der Waals surface area (Å²) < 4.78 is 11.2. The van der Waals surface area contributed by atoms with Gasteiger partial charge < -0.3 is 25.2 Å². The number of ether oxygens (including phenoxy) is 2. The van der Waals surface area contributed by atoms with Crippen LogP contribution in [0.1, 0.15) is 24.0 Å². The van der Waals surface area contributed by atoms with E-state index in [4.69, 9.17) is 21.1 Å². The molecule has 1 atom stereocenters. The minimum absolute atomic E-state index is 0. The zero-order valence-electron chi connectivity index (χ0n) is 16.4. The van der Waals surface area contributed by atoms with Crippen molar-refractivity contribution in [2.75, 3.05) is 32.9 Å². The third-order valence-corrected chi connectivity index (χ3v) is 4.71. The van der Waals surface area contributed by atoms with Crippen LogP contribution in [0, 0.1) is 0 Å². The van der Waals surface area contributed by atoms with Gasteiger partial charge in [-0.3, -0.25) is 0 Å². The van der Waals surface area contributed by atoms with E-state index in [1.807, 2.05) is 49.4 Å². The molecule has 0 amide bonds. The van der Waals surface area contributed by atoms with Crippen molar-refractivity contribution in [2.45, 2.75) is 19.4 Å². The number of hydrogen-bond donors (Lipinski definition) is 3. The zero-order valence-corrected chi connectivity index (χ0v) is 19.4. The summed E-state index contributed by atoms with van der Waals surface area (Å²) in [6, 6.07) is 13.7. The molecule has 6 nitrogen and oxygen atoms in total. The van der Waals surface area contributed by atoms with E-state index in [1.165, 1.54) is 0 Å². The SMILES string of the molecule is CCNC(=NCc1cc(Cl)c2c(c1)OCCO2)NCC(CO)c1ccccc1.I. The zero-order chi connectivity index (χ0) is 19.8. The van der Waals surface area contributed by atoms with Gasteiger partial charge in [0, 0.05) is 19.0 Å². The molecule has 0 aliphatic carbocycles. The number of aliphatic imine (C=N–C) groups is 1. The van der Waals surface area contributed by atoms with Gasteiger partial charge in [0.2, 0.25) is 0 Å². The van der Waals surface area contributed by atoms with Crippen LogP contribution in [0.2, 0.25) is 5.02 Å². The molecule has 1 unspecified atom stereocenters. The fourth-order valence-electron chi connectivity index (χ4n) is 3.00. The van der Waals surface area contributed by atoms with Crippen LogP contribution in [0.25, 0.3) is 0 Å². The first-order chi connectivity index (χ1) is 13.7. The van der Waals surface area contributed by atoms with Gasteiger partial charge in [-0.25, -0.2) is 4.99 Å². The predicted molar refractivity (Wildman–Crippen MR) is 127 cm³/mol. The standard InChI is InChI=1S/C21H26ClN3O3.HI/c1-2-23-21(25-13-17(14-26)16-6-4-3-5-7-16)24-12-15-10-18(22)20-19(11-15)27-8-9-28-20;/h3-7,10-11,17,26H,2,8-9,12-14H2,1H3,(H2,23,24,25);1H. The average molecular weight is 532 g/mol. The third-order valence-electron chi connectivity index (χ3n) is 4.43. The molecule has 8 heteroatoms. The van der Waals surface area contributed by atoms with E-state index in [2.05, 4.69) is 15.6 Å². The quantitative estimate of drug-likeness (QED) is 0.289. The van der Waals surface area contributed by atoms with E-state index in [-0.39, 0.29) is 36.5 Å². The monoisotopic (exact) mass is 531 g/mol. The Morgan fingerprint density at radius 1 is 1.17 bits per heavy atom. The highest BCUT2D eigenvalue weighted by Gasteiger charge is 2.16. The Hall–Kier alpha value is -1.71. The lowest BCUT2D eigenvalue weighted by molar-refractivity contribution is 0.171. The maximum atomic E-state index is 9.73. The van der Waals surface area contributed by atoms with Crippen molar-refractivity contribution in [1.82, 2.24) is 10.6 Å². The molecule has 0 saturated carbocycles. The van der Waals surface area contributed by atoms with Crippen molar-refractivity contribution in [3.8, 4) is 11.5 Å². The van der Waals surface area contributed by atoms with Crippen molar-refractivity contribution in [3.05, 3.63) is 58.6 Å². The number of aliphatic hydroxyl groups excluding tert-OH is 1. The maximum absolute atomic E-state index is 9.73. The fraction of sp³-hybridized carbons (Fsp3) is 0.381. The van der Waals surface area contributed by atoms with Crippen molar-refractivity contribution in [1.29, 1.82) is 0 Å². The second kappa shape index (κ2) is 12.1. The molecule has 2 aromatic rings. The Bertz CT molecular complexity index is 805. The lowest BCUT2D eigenvalue weighted by atomic mass is 10.0. The normalized spacial score (nSPS) is 14.0. The molecule has 3 rings (SSSR count). The Morgan fingerprint density at radius 2 is 1.93 bits per heavy atom. The predicted octanol–water partition coefficient (Wildman–Crippen LogP) is 3.56. The van der Waals surface area contributed by atoms with Crippen molar-refractivity contribution in [2.24, 2.45) is 4.99 Å². The molecule has 0 aromatic heterocycles. The Morgan fingerprint density at radius 3 is 2.66 bits per heavy atom.